The number of rotatable bonds is 5. The molecule has 1 atom stereocenters. The number of pyridine rings is 2. The van der Waals surface area contributed by atoms with E-state index in [1.165, 1.54) is 0 Å². The summed E-state index contributed by atoms with van der Waals surface area (Å²) in [4.78, 5) is 25.8. The Balaban J connectivity index is 1.28. The maximum absolute atomic E-state index is 12.8. The van der Waals surface area contributed by atoms with Crippen molar-refractivity contribution in [1.29, 1.82) is 0 Å². The third-order valence-corrected chi connectivity index (χ3v) is 6.52. The van der Waals surface area contributed by atoms with E-state index >= 15 is 0 Å². The fraction of sp³-hybridized carbons (Fsp3) is 0.542. The lowest BCUT2D eigenvalue weighted by atomic mass is 9.99. The van der Waals surface area contributed by atoms with E-state index in [1.807, 2.05) is 17.9 Å². The van der Waals surface area contributed by atoms with E-state index in [1.54, 1.807) is 19.5 Å². The van der Waals surface area contributed by atoms with Crippen LogP contribution in [-0.2, 0) is 9.53 Å². The maximum Gasteiger partial charge on any atom is 0.225 e. The molecular weight excluding hydrogens is 424 g/mol. The summed E-state index contributed by atoms with van der Waals surface area (Å²) in [7, 11) is 1.62. The molecular formula is C24H30N4O5. The largest absolute Gasteiger partial charge is 0.488 e. The summed E-state index contributed by atoms with van der Waals surface area (Å²) >= 11 is 0. The Morgan fingerprint density at radius 3 is 2.73 bits per heavy atom. The number of nitrogens with zero attached hydrogens (tertiary/aromatic N) is 4. The number of carbonyl (C=O) groups excluding carboxylic acids is 1. The van der Waals surface area contributed by atoms with E-state index < -0.39 is 0 Å². The molecule has 33 heavy (non-hydrogen) atoms. The molecule has 9 heteroatoms. The van der Waals surface area contributed by atoms with Gasteiger partial charge in [0.25, 0.3) is 0 Å². The van der Waals surface area contributed by atoms with Crippen molar-refractivity contribution in [2.45, 2.75) is 32.3 Å². The van der Waals surface area contributed by atoms with Gasteiger partial charge in [-0.05, 0) is 25.8 Å². The maximum atomic E-state index is 12.8. The molecule has 0 aliphatic carbocycles. The van der Waals surface area contributed by atoms with Gasteiger partial charge < -0.3 is 28.7 Å². The number of fused-ring (bicyclic) bond motifs is 1. The average Bonchev–Trinajstić information content (AvgIpc) is 3.32. The SMILES string of the molecule is COc1ncc(N2CCOc3cnc(OC4CCN(C(=O)C5CCOCC5)C4)cc32)cc1C. The smallest absolute Gasteiger partial charge is 0.225 e. The Morgan fingerprint density at radius 1 is 1.09 bits per heavy atom. The van der Waals surface area contributed by atoms with Crippen molar-refractivity contribution in [2.75, 3.05) is 51.5 Å². The summed E-state index contributed by atoms with van der Waals surface area (Å²) < 4.78 is 22.7. The first-order valence-electron chi connectivity index (χ1n) is 11.6. The number of hydrogen-bond donors (Lipinski definition) is 0. The molecule has 3 aliphatic rings. The quantitative estimate of drug-likeness (QED) is 0.682. The van der Waals surface area contributed by atoms with Crippen LogP contribution in [0.2, 0.25) is 0 Å². The predicted octanol–water partition coefficient (Wildman–Crippen LogP) is 2.73. The molecule has 0 saturated carbocycles. The molecule has 2 saturated heterocycles. The Hall–Kier alpha value is -3.07. The number of ether oxygens (including phenoxy) is 4. The molecule has 9 nitrogen and oxygen atoms in total. The first kappa shape index (κ1) is 21.8. The Bertz CT molecular complexity index is 1010. The first-order valence-corrected chi connectivity index (χ1v) is 11.6. The van der Waals surface area contributed by atoms with Gasteiger partial charge in [-0.15, -0.1) is 0 Å². The van der Waals surface area contributed by atoms with Crippen LogP contribution in [0.4, 0.5) is 11.4 Å². The summed E-state index contributed by atoms with van der Waals surface area (Å²) in [5.41, 5.74) is 2.82. The van der Waals surface area contributed by atoms with Crippen LogP contribution < -0.4 is 19.1 Å². The van der Waals surface area contributed by atoms with Crippen molar-refractivity contribution in [3.05, 3.63) is 30.1 Å². The molecule has 0 aromatic carbocycles. The van der Waals surface area contributed by atoms with Gasteiger partial charge in [-0.3, -0.25) is 4.79 Å². The summed E-state index contributed by atoms with van der Waals surface area (Å²) in [6.07, 6.45) is 5.86. The summed E-state index contributed by atoms with van der Waals surface area (Å²) in [5.74, 6) is 2.17. The van der Waals surface area contributed by atoms with Gasteiger partial charge in [-0.1, -0.05) is 0 Å². The van der Waals surface area contributed by atoms with Crippen molar-refractivity contribution in [2.24, 2.45) is 5.92 Å². The molecule has 1 amide bonds. The highest BCUT2D eigenvalue weighted by atomic mass is 16.5. The van der Waals surface area contributed by atoms with Gasteiger partial charge in [0.2, 0.25) is 17.7 Å². The van der Waals surface area contributed by atoms with Gasteiger partial charge in [0.15, 0.2) is 5.75 Å². The van der Waals surface area contributed by atoms with E-state index in [-0.39, 0.29) is 17.9 Å². The molecule has 0 spiro atoms. The van der Waals surface area contributed by atoms with Crippen LogP contribution in [0.25, 0.3) is 0 Å². The molecule has 5 rings (SSSR count). The number of hydrogen-bond acceptors (Lipinski definition) is 8. The van der Waals surface area contributed by atoms with Crippen molar-refractivity contribution in [3.8, 4) is 17.5 Å². The molecule has 176 valence electrons. The number of carbonyl (C=O) groups is 1. The second-order valence-electron chi connectivity index (χ2n) is 8.71. The Labute approximate surface area is 193 Å². The van der Waals surface area contributed by atoms with Crippen molar-refractivity contribution >= 4 is 17.3 Å². The van der Waals surface area contributed by atoms with Crippen molar-refractivity contribution in [3.63, 3.8) is 0 Å². The normalized spacial score (nSPS) is 20.8. The molecule has 1 unspecified atom stereocenters. The molecule has 0 N–H and O–H groups in total. The number of aromatic nitrogens is 2. The summed E-state index contributed by atoms with van der Waals surface area (Å²) in [6.45, 7) is 5.89. The third-order valence-electron chi connectivity index (χ3n) is 6.52. The lowest BCUT2D eigenvalue weighted by Crippen LogP contribution is -2.38. The molecule has 2 fully saturated rings. The average molecular weight is 455 g/mol. The highest BCUT2D eigenvalue weighted by Crippen LogP contribution is 2.39. The molecule has 2 aromatic rings. The van der Waals surface area contributed by atoms with Gasteiger partial charge in [0.05, 0.1) is 44.0 Å². The van der Waals surface area contributed by atoms with E-state index in [4.69, 9.17) is 18.9 Å². The van der Waals surface area contributed by atoms with E-state index in [9.17, 15) is 4.79 Å². The second kappa shape index (κ2) is 9.43. The van der Waals surface area contributed by atoms with E-state index in [2.05, 4.69) is 20.9 Å². The summed E-state index contributed by atoms with van der Waals surface area (Å²) in [5, 5.41) is 0. The minimum absolute atomic E-state index is 0.0674. The lowest BCUT2D eigenvalue weighted by molar-refractivity contribution is -0.137. The van der Waals surface area contributed by atoms with Crippen LogP contribution in [-0.4, -0.2) is 73.4 Å². The van der Waals surface area contributed by atoms with E-state index in [0.717, 1.165) is 42.7 Å². The van der Waals surface area contributed by atoms with Gasteiger partial charge in [0, 0.05) is 43.7 Å². The first-order chi connectivity index (χ1) is 16.1. The number of amides is 1. The third kappa shape index (κ3) is 4.55. The van der Waals surface area contributed by atoms with Gasteiger partial charge in [-0.2, -0.15) is 0 Å². The molecule has 0 bridgehead atoms. The van der Waals surface area contributed by atoms with Crippen LogP contribution >= 0.6 is 0 Å². The molecule has 2 aromatic heterocycles. The Kier molecular flexibility index (Phi) is 6.22. The Morgan fingerprint density at radius 2 is 1.94 bits per heavy atom. The van der Waals surface area contributed by atoms with E-state index in [0.29, 0.717) is 50.4 Å². The minimum Gasteiger partial charge on any atom is -0.488 e. The highest BCUT2D eigenvalue weighted by molar-refractivity contribution is 5.79. The topological polar surface area (TPSA) is 86.3 Å². The van der Waals surface area contributed by atoms with Crippen LogP contribution in [0, 0.1) is 12.8 Å². The number of aryl methyl sites for hydroxylation is 1. The van der Waals surface area contributed by atoms with Gasteiger partial charge in [0.1, 0.15) is 12.7 Å². The fourth-order valence-corrected chi connectivity index (χ4v) is 4.74. The number of likely N-dealkylation sites (tertiary alicyclic amines) is 1. The van der Waals surface area contributed by atoms with Gasteiger partial charge in [-0.25, -0.2) is 9.97 Å². The highest BCUT2D eigenvalue weighted by Gasteiger charge is 2.33. The van der Waals surface area contributed by atoms with Crippen molar-refractivity contribution in [1.82, 2.24) is 14.9 Å². The minimum atomic E-state index is -0.0674. The standard InChI is InChI=1S/C24H30N4O5/c1-16-11-18(13-26-23(16)30-2)28-7-10-32-21-14-25-22(12-20(21)28)33-19-3-6-27(15-19)24(29)17-4-8-31-9-5-17/h11-14,17,19H,3-10,15H2,1-2H3. The molecule has 0 radical (unpaired) electrons. The zero-order chi connectivity index (χ0) is 22.8. The van der Waals surface area contributed by atoms with Gasteiger partial charge >= 0.3 is 0 Å². The summed E-state index contributed by atoms with van der Waals surface area (Å²) in [6, 6.07) is 3.97. The molecule has 5 heterocycles. The van der Waals surface area contributed by atoms with Crippen LogP contribution in [0.5, 0.6) is 17.5 Å². The lowest BCUT2D eigenvalue weighted by Gasteiger charge is -2.31. The van der Waals surface area contributed by atoms with Crippen molar-refractivity contribution < 1.29 is 23.7 Å². The van der Waals surface area contributed by atoms with Crippen LogP contribution in [0.3, 0.4) is 0 Å². The monoisotopic (exact) mass is 454 g/mol. The van der Waals surface area contributed by atoms with Crippen LogP contribution in [0.15, 0.2) is 24.5 Å². The van der Waals surface area contributed by atoms with Crippen LogP contribution in [0.1, 0.15) is 24.8 Å². The number of methoxy groups -OCH3 is 1. The zero-order valence-corrected chi connectivity index (χ0v) is 19.2. The zero-order valence-electron chi connectivity index (χ0n) is 19.2. The predicted molar refractivity (Wildman–Crippen MR) is 121 cm³/mol. The second-order valence-corrected chi connectivity index (χ2v) is 8.71. The fourth-order valence-electron chi connectivity index (χ4n) is 4.74. The number of anilines is 2. The molecule has 3 aliphatic heterocycles.